The van der Waals surface area contributed by atoms with Crippen molar-refractivity contribution in [3.05, 3.63) is 10.4 Å². The minimum absolute atomic E-state index is 0.293. The minimum Gasteiger partial charge on any atom is -0.396 e. The highest BCUT2D eigenvalue weighted by Gasteiger charge is 2.60. The van der Waals surface area contributed by atoms with Gasteiger partial charge in [0.25, 0.3) is 0 Å². The van der Waals surface area contributed by atoms with Crippen LogP contribution in [-0.2, 0) is 4.74 Å². The third kappa shape index (κ3) is 5.92. The molecule has 4 saturated carbocycles. The number of azide groups is 1. The molecule has 6 nitrogen and oxygen atoms in total. The first-order valence-corrected chi connectivity index (χ1v) is 15.4. The molecule has 0 amide bonds. The lowest BCUT2D eigenvalue weighted by Gasteiger charge is -2.61. The Kier molecular flexibility index (Phi) is 10.0. The van der Waals surface area contributed by atoms with E-state index in [9.17, 15) is 0 Å². The zero-order chi connectivity index (χ0) is 25.6. The predicted octanol–water partition coefficient (Wildman–Crippen LogP) is 7.12. The van der Waals surface area contributed by atoms with Gasteiger partial charge in [0.05, 0.1) is 6.10 Å². The SMILES string of the molecule is C[C@H](CCCNCCCO)C1CC[C@H]2C3CCC4C[C@H](OCCCN=[N+]=[N-])CC[C@]4(C)C3CC[C@]12C. The number of fused-ring (bicyclic) bond motifs is 5. The maximum Gasteiger partial charge on any atom is 0.0578 e. The molecular weight excluding hydrogens is 448 g/mol. The lowest BCUT2D eigenvalue weighted by atomic mass is 9.44. The van der Waals surface area contributed by atoms with Crippen LogP contribution in [0.2, 0.25) is 0 Å². The monoisotopic (exact) mass is 502 g/mol. The summed E-state index contributed by atoms with van der Waals surface area (Å²) in [5.41, 5.74) is 9.53. The van der Waals surface area contributed by atoms with Crippen molar-refractivity contribution in [2.75, 3.05) is 32.8 Å². The zero-order valence-electron chi connectivity index (χ0n) is 23.5. The van der Waals surface area contributed by atoms with E-state index >= 15 is 0 Å². The molecule has 4 unspecified atom stereocenters. The molecular formula is C30H54N4O2. The number of ether oxygens (including phenoxy) is 1. The second kappa shape index (κ2) is 12.8. The van der Waals surface area contributed by atoms with Crippen molar-refractivity contribution in [2.24, 2.45) is 51.5 Å². The molecule has 2 N–H and O–H groups in total. The quantitative estimate of drug-likeness (QED) is 0.122. The summed E-state index contributed by atoms with van der Waals surface area (Å²) in [6, 6.07) is 0. The minimum atomic E-state index is 0.293. The van der Waals surface area contributed by atoms with Gasteiger partial charge in [-0.15, -0.1) is 0 Å². The summed E-state index contributed by atoms with van der Waals surface area (Å²) in [6.07, 6.45) is 17.2. The van der Waals surface area contributed by atoms with Crippen molar-refractivity contribution in [1.82, 2.24) is 5.32 Å². The van der Waals surface area contributed by atoms with Crippen molar-refractivity contribution in [3.8, 4) is 0 Å². The van der Waals surface area contributed by atoms with Gasteiger partial charge in [-0.2, -0.15) is 0 Å². The fourth-order valence-corrected chi connectivity index (χ4v) is 9.85. The highest BCUT2D eigenvalue weighted by molar-refractivity contribution is 5.09. The number of nitrogens with one attached hydrogen (secondary N) is 1. The Bertz CT molecular complexity index is 742. The largest absolute Gasteiger partial charge is 0.396 e. The van der Waals surface area contributed by atoms with Gasteiger partial charge < -0.3 is 15.2 Å². The summed E-state index contributed by atoms with van der Waals surface area (Å²) in [7, 11) is 0. The van der Waals surface area contributed by atoms with E-state index in [4.69, 9.17) is 15.4 Å². The number of hydrogen-bond acceptors (Lipinski definition) is 4. The molecule has 6 heteroatoms. The van der Waals surface area contributed by atoms with Crippen LogP contribution in [-0.4, -0.2) is 44.1 Å². The van der Waals surface area contributed by atoms with Gasteiger partial charge in [-0.1, -0.05) is 25.9 Å². The molecule has 9 atom stereocenters. The summed E-state index contributed by atoms with van der Waals surface area (Å²) in [4.78, 5) is 2.85. The number of rotatable bonds is 13. The van der Waals surface area contributed by atoms with Gasteiger partial charge in [0.1, 0.15) is 0 Å². The zero-order valence-corrected chi connectivity index (χ0v) is 23.5. The molecule has 0 spiro atoms. The van der Waals surface area contributed by atoms with Crippen LogP contribution in [0.25, 0.3) is 10.4 Å². The van der Waals surface area contributed by atoms with Crippen LogP contribution in [0.15, 0.2) is 5.11 Å². The fraction of sp³-hybridized carbons (Fsp3) is 1.00. The van der Waals surface area contributed by atoms with Crippen LogP contribution in [0.4, 0.5) is 0 Å². The van der Waals surface area contributed by atoms with Gasteiger partial charge >= 0.3 is 0 Å². The van der Waals surface area contributed by atoms with E-state index in [0.717, 1.165) is 68.0 Å². The van der Waals surface area contributed by atoms with Crippen LogP contribution in [0, 0.1) is 46.3 Å². The second-order valence-corrected chi connectivity index (χ2v) is 13.4. The predicted molar refractivity (Wildman–Crippen MR) is 147 cm³/mol. The maximum atomic E-state index is 8.96. The molecule has 0 saturated heterocycles. The molecule has 0 aromatic heterocycles. The van der Waals surface area contributed by atoms with E-state index in [0.29, 0.717) is 30.1 Å². The van der Waals surface area contributed by atoms with Gasteiger partial charge in [-0.3, -0.25) is 0 Å². The molecule has 0 aliphatic heterocycles. The van der Waals surface area contributed by atoms with E-state index in [1.807, 2.05) is 0 Å². The van der Waals surface area contributed by atoms with E-state index in [1.165, 1.54) is 70.6 Å². The van der Waals surface area contributed by atoms with E-state index < -0.39 is 0 Å². The third-order valence-electron chi connectivity index (χ3n) is 11.7. The summed E-state index contributed by atoms with van der Waals surface area (Å²) >= 11 is 0. The molecule has 0 radical (unpaired) electrons. The molecule has 0 heterocycles. The van der Waals surface area contributed by atoms with Crippen LogP contribution in [0.5, 0.6) is 0 Å². The Balaban J connectivity index is 1.30. The van der Waals surface area contributed by atoms with Gasteiger partial charge in [0.15, 0.2) is 0 Å². The third-order valence-corrected chi connectivity index (χ3v) is 11.7. The summed E-state index contributed by atoms with van der Waals surface area (Å²) in [6.45, 7) is 11.5. The Morgan fingerprint density at radius 2 is 1.78 bits per heavy atom. The van der Waals surface area contributed by atoms with E-state index in [2.05, 4.69) is 36.1 Å². The Hall–Kier alpha value is -0.810. The van der Waals surface area contributed by atoms with Gasteiger partial charge in [-0.25, -0.2) is 0 Å². The van der Waals surface area contributed by atoms with Crippen LogP contribution < -0.4 is 5.32 Å². The van der Waals surface area contributed by atoms with Gasteiger partial charge in [0, 0.05) is 24.7 Å². The lowest BCUT2D eigenvalue weighted by molar-refractivity contribution is -0.136. The molecule has 0 aromatic rings. The van der Waals surface area contributed by atoms with Crippen molar-refractivity contribution < 1.29 is 9.84 Å². The molecule has 36 heavy (non-hydrogen) atoms. The van der Waals surface area contributed by atoms with Crippen LogP contribution in [0.3, 0.4) is 0 Å². The first kappa shape index (κ1) is 28.2. The molecule has 4 aliphatic rings. The summed E-state index contributed by atoms with van der Waals surface area (Å²) in [5.74, 6) is 5.37. The molecule has 4 fully saturated rings. The van der Waals surface area contributed by atoms with Crippen LogP contribution in [0.1, 0.15) is 104 Å². The molecule has 206 valence electrons. The van der Waals surface area contributed by atoms with Crippen molar-refractivity contribution in [2.45, 2.75) is 110 Å². The first-order valence-electron chi connectivity index (χ1n) is 15.4. The highest BCUT2D eigenvalue weighted by atomic mass is 16.5. The standard InChI is InChI=1S/C30H54N4O2/c1-22(7-4-16-32-17-5-19-35)26-10-11-27-25-9-8-23-21-24(36-20-6-18-33-34-31)12-14-29(23,2)28(25)13-15-30(26,27)3/h22-28,32,35H,4-21H2,1-3H3/t22-,23?,24-,25?,26?,27+,28?,29+,30-/m1/s1. The summed E-state index contributed by atoms with van der Waals surface area (Å²) in [5, 5.41) is 16.1. The van der Waals surface area contributed by atoms with E-state index in [1.54, 1.807) is 0 Å². The van der Waals surface area contributed by atoms with E-state index in [-0.39, 0.29) is 0 Å². The lowest BCUT2D eigenvalue weighted by Crippen LogP contribution is -2.54. The average Bonchev–Trinajstić information content (AvgIpc) is 3.23. The van der Waals surface area contributed by atoms with Crippen molar-refractivity contribution >= 4 is 0 Å². The number of hydrogen-bond donors (Lipinski definition) is 2. The molecule has 0 aromatic carbocycles. The Morgan fingerprint density at radius 1 is 1.00 bits per heavy atom. The summed E-state index contributed by atoms with van der Waals surface area (Å²) < 4.78 is 6.25. The maximum absolute atomic E-state index is 8.96. The fourth-order valence-electron chi connectivity index (χ4n) is 9.85. The second-order valence-electron chi connectivity index (χ2n) is 13.4. The Morgan fingerprint density at radius 3 is 2.58 bits per heavy atom. The van der Waals surface area contributed by atoms with Crippen molar-refractivity contribution in [3.63, 3.8) is 0 Å². The molecule has 4 aliphatic carbocycles. The highest BCUT2D eigenvalue weighted by Crippen LogP contribution is 2.68. The first-order chi connectivity index (χ1) is 17.4. The topological polar surface area (TPSA) is 90.2 Å². The average molecular weight is 503 g/mol. The number of nitrogens with zero attached hydrogens (tertiary/aromatic N) is 3. The van der Waals surface area contributed by atoms with Crippen molar-refractivity contribution in [1.29, 1.82) is 0 Å². The smallest absolute Gasteiger partial charge is 0.0578 e. The number of aliphatic hydroxyl groups excluding tert-OH is 1. The van der Waals surface area contributed by atoms with Gasteiger partial charge in [0.2, 0.25) is 0 Å². The normalized spacial score (nSPS) is 40.6. The molecule has 4 rings (SSSR count). The van der Waals surface area contributed by atoms with Crippen LogP contribution >= 0.6 is 0 Å². The molecule has 0 bridgehead atoms. The number of aliphatic hydroxyl groups is 1. The Labute approximate surface area is 220 Å². The van der Waals surface area contributed by atoms with Gasteiger partial charge in [-0.05, 0) is 148 Å².